The van der Waals surface area contributed by atoms with E-state index in [9.17, 15) is 9.59 Å². The third-order valence-electron chi connectivity index (χ3n) is 1.45. The molecule has 3 N–H and O–H groups in total. The number of amides is 1. The minimum atomic E-state index is -1.15. The summed E-state index contributed by atoms with van der Waals surface area (Å²) in [7, 11) is 0. The van der Waals surface area contributed by atoms with Crippen LogP contribution in [-0.4, -0.2) is 27.2 Å². The average Bonchev–Trinajstić information content (AvgIpc) is 2.52. The lowest BCUT2D eigenvalue weighted by Gasteiger charge is -1.99. The molecule has 1 amide bonds. The number of carbonyl (C=O) groups excluding carboxylic acids is 1. The highest BCUT2D eigenvalue weighted by atomic mass is 16.4. The maximum absolute atomic E-state index is 10.9. The largest absolute Gasteiger partial charge is 0.476 e. The van der Waals surface area contributed by atoms with Gasteiger partial charge < -0.3 is 10.4 Å². The molecule has 0 radical (unpaired) electrons. The summed E-state index contributed by atoms with van der Waals surface area (Å²) in [5, 5.41) is 16.8. The number of carboxylic acid groups (broad SMARTS) is 1. The molecule has 0 atom stereocenters. The van der Waals surface area contributed by atoms with Gasteiger partial charge in [-0.2, -0.15) is 5.10 Å². The van der Waals surface area contributed by atoms with E-state index < -0.39 is 5.97 Å². The van der Waals surface area contributed by atoms with Crippen LogP contribution in [0.5, 0.6) is 0 Å². The molecule has 0 aliphatic heterocycles. The van der Waals surface area contributed by atoms with E-state index in [2.05, 4.69) is 15.5 Å². The van der Waals surface area contributed by atoms with E-state index in [-0.39, 0.29) is 17.3 Å². The monoisotopic (exact) mass is 183 g/mol. The fourth-order valence-corrected chi connectivity index (χ4v) is 0.783. The molecule has 6 nitrogen and oxygen atoms in total. The molecule has 0 spiro atoms. The molecular formula is C7H9N3O3. The van der Waals surface area contributed by atoms with Crippen LogP contribution in [0.15, 0.2) is 6.20 Å². The van der Waals surface area contributed by atoms with Gasteiger partial charge in [-0.3, -0.25) is 9.89 Å². The summed E-state index contributed by atoms with van der Waals surface area (Å²) < 4.78 is 0. The molecule has 70 valence electrons. The Morgan fingerprint density at radius 2 is 2.38 bits per heavy atom. The number of nitrogens with one attached hydrogen (secondary N) is 2. The molecule has 0 unspecified atom stereocenters. The second-order valence-electron chi connectivity index (χ2n) is 2.37. The Bertz CT molecular complexity index is 331. The van der Waals surface area contributed by atoms with E-state index in [1.54, 1.807) is 6.92 Å². The van der Waals surface area contributed by atoms with Crippen molar-refractivity contribution in [2.45, 2.75) is 13.3 Å². The molecule has 0 aliphatic carbocycles. The molecule has 0 saturated carbocycles. The maximum Gasteiger partial charge on any atom is 0.356 e. The first-order valence-electron chi connectivity index (χ1n) is 3.71. The normalized spacial score (nSPS) is 9.62. The Hall–Kier alpha value is -1.85. The molecular weight excluding hydrogens is 174 g/mol. The highest BCUT2D eigenvalue weighted by Gasteiger charge is 2.13. The van der Waals surface area contributed by atoms with Crippen molar-refractivity contribution < 1.29 is 14.7 Å². The number of anilines is 1. The number of aromatic carboxylic acids is 1. The van der Waals surface area contributed by atoms with Crippen LogP contribution >= 0.6 is 0 Å². The molecule has 1 aromatic heterocycles. The minimum absolute atomic E-state index is 0.109. The molecule has 0 aromatic carbocycles. The topological polar surface area (TPSA) is 95.1 Å². The highest BCUT2D eigenvalue weighted by Crippen LogP contribution is 2.11. The van der Waals surface area contributed by atoms with Crippen molar-refractivity contribution in [2.75, 3.05) is 5.32 Å². The predicted molar refractivity (Wildman–Crippen MR) is 44.5 cm³/mol. The third-order valence-corrected chi connectivity index (χ3v) is 1.45. The van der Waals surface area contributed by atoms with Crippen molar-refractivity contribution in [1.29, 1.82) is 0 Å². The van der Waals surface area contributed by atoms with Gasteiger partial charge in [0.25, 0.3) is 0 Å². The molecule has 6 heteroatoms. The second kappa shape index (κ2) is 3.70. The molecule has 0 aliphatic rings. The number of aromatic amines is 1. The standard InChI is InChI=1S/C7H9N3O3/c1-2-5(11)9-4-3-8-10-6(4)7(12)13/h3H,2H2,1H3,(H,8,10)(H,9,11)(H,12,13). The fraction of sp³-hybridized carbons (Fsp3) is 0.286. The number of aromatic nitrogens is 2. The van der Waals surface area contributed by atoms with E-state index >= 15 is 0 Å². The van der Waals surface area contributed by atoms with Crippen molar-refractivity contribution in [1.82, 2.24) is 10.2 Å². The molecule has 1 heterocycles. The van der Waals surface area contributed by atoms with Gasteiger partial charge in [0.15, 0.2) is 5.69 Å². The van der Waals surface area contributed by atoms with Crippen molar-refractivity contribution >= 4 is 17.6 Å². The Labute approximate surface area is 74.0 Å². The predicted octanol–water partition coefficient (Wildman–Crippen LogP) is 0.456. The number of hydrogen-bond acceptors (Lipinski definition) is 3. The van der Waals surface area contributed by atoms with E-state index in [0.717, 1.165) is 0 Å². The van der Waals surface area contributed by atoms with Crippen molar-refractivity contribution in [3.63, 3.8) is 0 Å². The van der Waals surface area contributed by atoms with E-state index in [4.69, 9.17) is 5.11 Å². The SMILES string of the molecule is CCC(=O)Nc1cn[nH]c1C(=O)O. The van der Waals surface area contributed by atoms with Gasteiger partial charge in [0.05, 0.1) is 11.9 Å². The average molecular weight is 183 g/mol. The summed E-state index contributed by atoms with van der Waals surface area (Å²) in [5.74, 6) is -1.40. The summed E-state index contributed by atoms with van der Waals surface area (Å²) in [6.45, 7) is 1.68. The smallest absolute Gasteiger partial charge is 0.356 e. The number of rotatable bonds is 3. The zero-order valence-electron chi connectivity index (χ0n) is 7.00. The Morgan fingerprint density at radius 1 is 1.69 bits per heavy atom. The van der Waals surface area contributed by atoms with Crippen LogP contribution in [0.3, 0.4) is 0 Å². The first-order valence-corrected chi connectivity index (χ1v) is 3.71. The van der Waals surface area contributed by atoms with Crippen LogP contribution < -0.4 is 5.32 Å². The number of nitrogens with zero attached hydrogens (tertiary/aromatic N) is 1. The van der Waals surface area contributed by atoms with Gasteiger partial charge in [-0.15, -0.1) is 0 Å². The summed E-state index contributed by atoms with van der Waals surface area (Å²) in [6.07, 6.45) is 1.56. The first kappa shape index (κ1) is 9.24. The lowest BCUT2D eigenvalue weighted by atomic mass is 10.3. The van der Waals surface area contributed by atoms with Crippen molar-refractivity contribution in [2.24, 2.45) is 0 Å². The number of carbonyl (C=O) groups is 2. The number of carboxylic acids is 1. The maximum atomic E-state index is 10.9. The van der Waals surface area contributed by atoms with E-state index in [0.29, 0.717) is 6.42 Å². The minimum Gasteiger partial charge on any atom is -0.476 e. The van der Waals surface area contributed by atoms with E-state index in [1.165, 1.54) is 6.20 Å². The van der Waals surface area contributed by atoms with Crippen molar-refractivity contribution in [3.8, 4) is 0 Å². The highest BCUT2D eigenvalue weighted by molar-refractivity contribution is 5.98. The fourth-order valence-electron chi connectivity index (χ4n) is 0.783. The molecule has 1 aromatic rings. The van der Waals surface area contributed by atoms with Gasteiger partial charge in [-0.05, 0) is 0 Å². The van der Waals surface area contributed by atoms with Gasteiger partial charge in [-0.1, -0.05) is 6.92 Å². The zero-order chi connectivity index (χ0) is 9.84. The number of H-pyrrole nitrogens is 1. The van der Waals surface area contributed by atoms with Crippen molar-refractivity contribution in [3.05, 3.63) is 11.9 Å². The van der Waals surface area contributed by atoms with Gasteiger partial charge >= 0.3 is 5.97 Å². The lowest BCUT2D eigenvalue weighted by Crippen LogP contribution is -2.12. The van der Waals surface area contributed by atoms with Crippen LogP contribution in [0.25, 0.3) is 0 Å². The molecule has 0 fully saturated rings. The Balaban J connectivity index is 2.82. The van der Waals surface area contributed by atoms with Crippen LogP contribution in [-0.2, 0) is 4.79 Å². The van der Waals surface area contributed by atoms with Crippen LogP contribution in [0.2, 0.25) is 0 Å². The summed E-state index contributed by atoms with van der Waals surface area (Å²) >= 11 is 0. The van der Waals surface area contributed by atoms with E-state index in [1.807, 2.05) is 0 Å². The summed E-state index contributed by atoms with van der Waals surface area (Å²) in [5.41, 5.74) is 0.0844. The Morgan fingerprint density at radius 3 is 2.92 bits per heavy atom. The zero-order valence-corrected chi connectivity index (χ0v) is 7.00. The van der Waals surface area contributed by atoms with Gasteiger partial charge in [0.2, 0.25) is 5.91 Å². The van der Waals surface area contributed by atoms with Gasteiger partial charge in [0, 0.05) is 6.42 Å². The quantitative estimate of drug-likeness (QED) is 0.634. The third kappa shape index (κ3) is 2.05. The van der Waals surface area contributed by atoms with Crippen LogP contribution in [0.4, 0.5) is 5.69 Å². The molecule has 1 rings (SSSR count). The molecule has 13 heavy (non-hydrogen) atoms. The summed E-state index contributed by atoms with van der Waals surface area (Å²) in [6, 6.07) is 0. The Kier molecular flexibility index (Phi) is 2.63. The van der Waals surface area contributed by atoms with Crippen LogP contribution in [0, 0.1) is 0 Å². The first-order chi connectivity index (χ1) is 6.15. The van der Waals surface area contributed by atoms with Crippen LogP contribution in [0.1, 0.15) is 23.8 Å². The molecule has 0 bridgehead atoms. The summed E-state index contributed by atoms with van der Waals surface area (Å²) in [4.78, 5) is 21.4. The molecule has 0 saturated heterocycles. The van der Waals surface area contributed by atoms with Gasteiger partial charge in [-0.25, -0.2) is 4.79 Å². The second-order valence-corrected chi connectivity index (χ2v) is 2.37. The van der Waals surface area contributed by atoms with Gasteiger partial charge in [0.1, 0.15) is 0 Å². The lowest BCUT2D eigenvalue weighted by molar-refractivity contribution is -0.115. The number of hydrogen-bond donors (Lipinski definition) is 3.